The number of carbonyl (C=O) groups is 1. The fraction of sp³-hybridized carbons (Fsp3) is 0.565. The molecule has 158 valence electrons. The van der Waals surface area contributed by atoms with E-state index in [0.717, 1.165) is 49.1 Å². The predicted molar refractivity (Wildman–Crippen MR) is 109 cm³/mol. The number of rotatable bonds is 8. The molecule has 0 radical (unpaired) electrons. The van der Waals surface area contributed by atoms with Gasteiger partial charge in [-0.25, -0.2) is 9.78 Å². The Kier molecular flexibility index (Phi) is 6.75. The number of methoxy groups -OCH3 is 1. The van der Waals surface area contributed by atoms with Crippen LogP contribution in [0.3, 0.4) is 0 Å². The lowest BCUT2D eigenvalue weighted by Crippen LogP contribution is -2.52. The van der Waals surface area contributed by atoms with Gasteiger partial charge in [0.2, 0.25) is 5.89 Å². The number of esters is 1. The van der Waals surface area contributed by atoms with E-state index in [4.69, 9.17) is 18.6 Å². The Bertz CT molecular complexity index is 806. The van der Waals surface area contributed by atoms with E-state index in [9.17, 15) is 4.79 Å². The molecule has 2 aromatic rings. The first-order valence-corrected chi connectivity index (χ1v) is 10.3. The Morgan fingerprint density at radius 3 is 2.48 bits per heavy atom. The Balaban J connectivity index is 1.51. The van der Waals surface area contributed by atoms with Crippen LogP contribution in [0, 0.1) is 12.3 Å². The number of benzene rings is 1. The second-order valence-electron chi connectivity index (χ2n) is 7.96. The molecular formula is C23H31NO5. The number of unbranched alkanes of at least 4 members (excludes halogenated alkanes) is 1. The summed E-state index contributed by atoms with van der Waals surface area (Å²) >= 11 is 0. The van der Waals surface area contributed by atoms with Crippen LogP contribution in [-0.4, -0.2) is 37.1 Å². The van der Waals surface area contributed by atoms with Gasteiger partial charge < -0.3 is 18.6 Å². The van der Waals surface area contributed by atoms with Crippen molar-refractivity contribution in [2.24, 2.45) is 5.41 Å². The van der Waals surface area contributed by atoms with Crippen molar-refractivity contribution in [3.8, 4) is 11.5 Å². The first kappa shape index (κ1) is 21.5. The van der Waals surface area contributed by atoms with Crippen LogP contribution in [0.1, 0.15) is 51.0 Å². The van der Waals surface area contributed by atoms with E-state index in [0.29, 0.717) is 19.1 Å². The van der Waals surface area contributed by atoms with Crippen molar-refractivity contribution in [1.29, 1.82) is 0 Å². The van der Waals surface area contributed by atoms with Crippen LogP contribution in [0.5, 0.6) is 0 Å². The molecule has 0 N–H and O–H groups in total. The van der Waals surface area contributed by atoms with E-state index < -0.39 is 11.8 Å². The Morgan fingerprint density at radius 2 is 1.86 bits per heavy atom. The average Bonchev–Trinajstić information content (AvgIpc) is 3.13. The average molecular weight is 402 g/mol. The van der Waals surface area contributed by atoms with Crippen LogP contribution in [-0.2, 0) is 25.4 Å². The van der Waals surface area contributed by atoms with Crippen LogP contribution in [0.4, 0.5) is 0 Å². The van der Waals surface area contributed by atoms with E-state index in [1.54, 1.807) is 6.92 Å². The number of ether oxygens (including phenoxy) is 3. The van der Waals surface area contributed by atoms with Crippen molar-refractivity contribution in [1.82, 2.24) is 4.98 Å². The molecule has 1 aromatic carbocycles. The Hall–Kier alpha value is -2.18. The van der Waals surface area contributed by atoms with Gasteiger partial charge in [0.15, 0.2) is 0 Å². The van der Waals surface area contributed by atoms with Crippen LogP contribution in [0.15, 0.2) is 34.7 Å². The number of carbonyl (C=O) groups excluding carboxylic acids is 1. The van der Waals surface area contributed by atoms with Gasteiger partial charge in [0.25, 0.3) is 5.79 Å². The quantitative estimate of drug-likeness (QED) is 0.472. The topological polar surface area (TPSA) is 70.8 Å². The predicted octanol–water partition coefficient (Wildman–Crippen LogP) is 4.70. The highest BCUT2D eigenvalue weighted by molar-refractivity contribution is 5.77. The maximum Gasteiger partial charge on any atom is 0.366 e. The zero-order valence-corrected chi connectivity index (χ0v) is 17.8. The Labute approximate surface area is 172 Å². The zero-order valence-electron chi connectivity index (χ0n) is 17.8. The molecule has 6 heteroatoms. The molecule has 1 aromatic heterocycles. The molecule has 2 heterocycles. The maximum atomic E-state index is 11.9. The van der Waals surface area contributed by atoms with Gasteiger partial charge in [0.1, 0.15) is 5.76 Å². The number of oxazole rings is 1. The first-order valence-electron chi connectivity index (χ1n) is 10.3. The second-order valence-corrected chi connectivity index (χ2v) is 7.96. The highest BCUT2D eigenvalue weighted by atomic mass is 16.7. The molecule has 0 bridgehead atoms. The number of hydrogen-bond acceptors (Lipinski definition) is 6. The smallest absolute Gasteiger partial charge is 0.366 e. The number of aromatic nitrogens is 1. The fourth-order valence-corrected chi connectivity index (χ4v) is 3.65. The normalized spacial score (nSPS) is 24.4. The minimum absolute atomic E-state index is 0.0679. The molecule has 6 nitrogen and oxygen atoms in total. The first-order chi connectivity index (χ1) is 13.9. The molecule has 0 amide bonds. The summed E-state index contributed by atoms with van der Waals surface area (Å²) in [6.45, 7) is 6.72. The number of nitrogens with zero attached hydrogens (tertiary/aromatic N) is 1. The van der Waals surface area contributed by atoms with Crippen molar-refractivity contribution in [2.75, 3.05) is 20.3 Å². The van der Waals surface area contributed by atoms with Crippen molar-refractivity contribution in [3.63, 3.8) is 0 Å². The van der Waals surface area contributed by atoms with Gasteiger partial charge >= 0.3 is 5.97 Å². The minimum Gasteiger partial charge on any atom is -0.465 e. The summed E-state index contributed by atoms with van der Waals surface area (Å²) in [7, 11) is 1.34. The van der Waals surface area contributed by atoms with Crippen molar-refractivity contribution in [2.45, 2.75) is 58.7 Å². The standard InChI is InChI=1S/C23H31NO5/c1-5-23(15-27-22(3,28-16-23)21(25)26-4)14-10-9-13-19-17(2)29-20(24-19)18-11-7-6-8-12-18/h6-8,11-12H,5,9-10,13-16H2,1-4H3. The largest absolute Gasteiger partial charge is 0.465 e. The van der Waals surface area contributed by atoms with E-state index in [1.165, 1.54) is 7.11 Å². The van der Waals surface area contributed by atoms with Crippen molar-refractivity contribution < 1.29 is 23.4 Å². The monoisotopic (exact) mass is 401 g/mol. The van der Waals surface area contributed by atoms with Gasteiger partial charge in [-0.15, -0.1) is 0 Å². The highest BCUT2D eigenvalue weighted by Crippen LogP contribution is 2.37. The SMILES string of the molecule is CCC1(CCCCc2nc(-c3ccccc3)oc2C)COC(C)(C(=O)OC)OC1. The summed E-state index contributed by atoms with van der Waals surface area (Å²) in [5, 5.41) is 0. The summed E-state index contributed by atoms with van der Waals surface area (Å²) in [5.74, 6) is -0.219. The molecule has 0 spiro atoms. The molecule has 0 aliphatic carbocycles. The summed E-state index contributed by atoms with van der Waals surface area (Å²) in [6, 6.07) is 9.96. The fourth-order valence-electron chi connectivity index (χ4n) is 3.65. The van der Waals surface area contributed by atoms with Gasteiger partial charge in [0, 0.05) is 17.9 Å². The lowest BCUT2D eigenvalue weighted by atomic mass is 9.80. The minimum atomic E-state index is -1.29. The molecule has 1 aliphatic heterocycles. The molecular weight excluding hydrogens is 370 g/mol. The second kappa shape index (κ2) is 9.09. The molecule has 3 rings (SSSR count). The highest BCUT2D eigenvalue weighted by Gasteiger charge is 2.46. The maximum absolute atomic E-state index is 11.9. The van der Waals surface area contributed by atoms with E-state index in [1.807, 2.05) is 37.3 Å². The van der Waals surface area contributed by atoms with Gasteiger partial charge in [-0.05, 0) is 44.7 Å². The summed E-state index contributed by atoms with van der Waals surface area (Å²) in [5.41, 5.74) is 1.95. The molecule has 0 saturated carbocycles. The van der Waals surface area contributed by atoms with Crippen LogP contribution in [0.25, 0.3) is 11.5 Å². The molecule has 29 heavy (non-hydrogen) atoms. The lowest BCUT2D eigenvalue weighted by molar-refractivity contribution is -0.291. The third kappa shape index (κ3) is 4.87. The third-order valence-corrected chi connectivity index (χ3v) is 5.90. The van der Waals surface area contributed by atoms with Crippen LogP contribution < -0.4 is 0 Å². The van der Waals surface area contributed by atoms with Gasteiger partial charge in [0.05, 0.1) is 26.0 Å². The number of hydrogen-bond donors (Lipinski definition) is 0. The van der Waals surface area contributed by atoms with Crippen LogP contribution in [0.2, 0.25) is 0 Å². The van der Waals surface area contributed by atoms with Gasteiger partial charge in [-0.3, -0.25) is 0 Å². The summed E-state index contributed by atoms with van der Waals surface area (Å²) in [4.78, 5) is 16.5. The third-order valence-electron chi connectivity index (χ3n) is 5.90. The molecule has 1 fully saturated rings. The lowest BCUT2D eigenvalue weighted by Gasteiger charge is -2.43. The molecule has 0 atom stereocenters. The van der Waals surface area contributed by atoms with Gasteiger partial charge in [-0.1, -0.05) is 31.5 Å². The van der Waals surface area contributed by atoms with Crippen molar-refractivity contribution in [3.05, 3.63) is 41.8 Å². The summed E-state index contributed by atoms with van der Waals surface area (Å²) < 4.78 is 22.2. The summed E-state index contributed by atoms with van der Waals surface area (Å²) in [6.07, 6.45) is 4.83. The van der Waals surface area contributed by atoms with Gasteiger partial charge in [-0.2, -0.15) is 0 Å². The Morgan fingerprint density at radius 1 is 1.17 bits per heavy atom. The molecule has 1 saturated heterocycles. The van der Waals surface area contributed by atoms with Crippen molar-refractivity contribution >= 4 is 5.97 Å². The van der Waals surface area contributed by atoms with Crippen LogP contribution >= 0.6 is 0 Å². The van der Waals surface area contributed by atoms with E-state index in [-0.39, 0.29) is 5.41 Å². The molecule has 0 unspecified atom stereocenters. The van der Waals surface area contributed by atoms with E-state index in [2.05, 4.69) is 11.9 Å². The zero-order chi connectivity index (χ0) is 20.9. The van der Waals surface area contributed by atoms with E-state index >= 15 is 0 Å². The molecule has 1 aliphatic rings. The number of aryl methyl sites for hydroxylation is 2.